The lowest BCUT2D eigenvalue weighted by Crippen LogP contribution is -1.99. The molecule has 6 aromatic rings. The Kier molecular flexibility index (Phi) is 5.22. The third-order valence-electron chi connectivity index (χ3n) is 5.87. The van der Waals surface area contributed by atoms with Crippen molar-refractivity contribution in [3.63, 3.8) is 0 Å². The van der Waals surface area contributed by atoms with E-state index < -0.39 is 11.6 Å². The molecule has 7 nitrogen and oxygen atoms in total. The first-order valence-corrected chi connectivity index (χ1v) is 11.2. The molecule has 0 aliphatic rings. The molecule has 0 saturated heterocycles. The lowest BCUT2D eigenvalue weighted by atomic mass is 10.0. The second kappa shape index (κ2) is 8.70. The zero-order valence-corrected chi connectivity index (χ0v) is 19.1. The quantitative estimate of drug-likeness (QED) is 0.333. The number of imidazole rings is 1. The number of nitrogens with zero attached hydrogens (tertiary/aromatic N) is 6. The van der Waals surface area contributed by atoms with Crippen molar-refractivity contribution in [3.8, 4) is 27.9 Å². The number of benzene rings is 3. The second-order valence-electron chi connectivity index (χ2n) is 8.35. The van der Waals surface area contributed by atoms with Crippen molar-refractivity contribution in [2.75, 3.05) is 5.32 Å². The minimum atomic E-state index is -0.644. The number of anilines is 2. The van der Waals surface area contributed by atoms with Gasteiger partial charge in [-0.05, 0) is 65.7 Å². The number of nitrogens with one attached hydrogen (secondary N) is 1. The first-order chi connectivity index (χ1) is 17.5. The van der Waals surface area contributed by atoms with E-state index in [9.17, 15) is 8.78 Å². The molecule has 0 saturated carbocycles. The maximum Gasteiger partial charge on any atom is 0.153 e. The van der Waals surface area contributed by atoms with Gasteiger partial charge in [0, 0.05) is 48.0 Å². The van der Waals surface area contributed by atoms with Crippen molar-refractivity contribution < 1.29 is 8.78 Å². The highest BCUT2D eigenvalue weighted by atomic mass is 19.1. The lowest BCUT2D eigenvalue weighted by molar-refractivity contribution is 0.585. The summed E-state index contributed by atoms with van der Waals surface area (Å²) < 4.78 is 32.0. The van der Waals surface area contributed by atoms with Crippen LogP contribution in [-0.4, -0.2) is 29.5 Å². The maximum atomic E-state index is 14.7. The molecule has 0 aliphatic carbocycles. The second-order valence-corrected chi connectivity index (χ2v) is 8.35. The van der Waals surface area contributed by atoms with Gasteiger partial charge in [-0.3, -0.25) is 9.25 Å². The van der Waals surface area contributed by atoms with Crippen LogP contribution in [0.1, 0.15) is 0 Å². The number of hydrogen-bond donors (Lipinski definition) is 1. The molecule has 0 atom stereocenters. The van der Waals surface area contributed by atoms with E-state index in [0.717, 1.165) is 33.9 Å². The summed E-state index contributed by atoms with van der Waals surface area (Å²) in [5.41, 5.74) is 5.96. The minimum Gasteiger partial charge on any atom is -0.339 e. The monoisotopic (exact) mass is 479 g/mol. The van der Waals surface area contributed by atoms with Crippen molar-refractivity contribution in [2.24, 2.45) is 7.05 Å². The summed E-state index contributed by atoms with van der Waals surface area (Å²) in [6.07, 6.45) is 7.06. The van der Waals surface area contributed by atoms with E-state index in [4.69, 9.17) is 0 Å². The van der Waals surface area contributed by atoms with Crippen LogP contribution in [0.15, 0.2) is 91.6 Å². The molecular formula is C27H19F2N7. The molecule has 3 heterocycles. The molecular weight excluding hydrogens is 460 g/mol. The van der Waals surface area contributed by atoms with Gasteiger partial charge in [0.25, 0.3) is 0 Å². The SMILES string of the molecule is Cn1cc(-c2ccc3c(c2)ncn3-c2cc(Nc3cccnn3)cc(-c3ccc(F)cc3F)c2)cn1. The van der Waals surface area contributed by atoms with Crippen LogP contribution in [0.5, 0.6) is 0 Å². The van der Waals surface area contributed by atoms with Gasteiger partial charge < -0.3 is 5.32 Å². The molecule has 36 heavy (non-hydrogen) atoms. The number of halogens is 2. The summed E-state index contributed by atoms with van der Waals surface area (Å²) in [5.74, 6) is -0.735. The predicted octanol–water partition coefficient (Wildman–Crippen LogP) is 5.90. The standard InChI is InChI=1S/C27H19F2N7/c1-35-15-19(14-32-35)17-4-7-26-25(11-17)30-16-36(26)22-10-18(23-6-5-20(28)12-24(23)29)9-21(13-22)33-27-3-2-8-31-34-27/h2-16H,1H3,(H,33,34). The summed E-state index contributed by atoms with van der Waals surface area (Å²) in [5, 5.41) is 15.4. The summed E-state index contributed by atoms with van der Waals surface area (Å²) in [6, 6.07) is 18.7. The van der Waals surface area contributed by atoms with E-state index in [1.165, 1.54) is 12.1 Å². The maximum absolute atomic E-state index is 14.7. The van der Waals surface area contributed by atoms with Crippen molar-refractivity contribution in [2.45, 2.75) is 0 Å². The predicted molar refractivity (Wildman–Crippen MR) is 134 cm³/mol. The average molecular weight is 479 g/mol. The van der Waals surface area contributed by atoms with E-state index in [1.54, 1.807) is 35.4 Å². The largest absolute Gasteiger partial charge is 0.339 e. The highest BCUT2D eigenvalue weighted by molar-refractivity contribution is 5.84. The Balaban J connectivity index is 1.48. The smallest absolute Gasteiger partial charge is 0.153 e. The average Bonchev–Trinajstić information content (AvgIpc) is 3.50. The Morgan fingerprint density at radius 3 is 2.58 bits per heavy atom. The van der Waals surface area contributed by atoms with Gasteiger partial charge in [0.05, 0.1) is 17.2 Å². The molecule has 3 aromatic heterocycles. The minimum absolute atomic E-state index is 0.281. The van der Waals surface area contributed by atoms with Gasteiger partial charge in [0.1, 0.15) is 18.0 Å². The Hall–Kier alpha value is -4.92. The molecule has 0 amide bonds. The first-order valence-electron chi connectivity index (χ1n) is 11.2. The Morgan fingerprint density at radius 2 is 1.81 bits per heavy atom. The molecule has 176 valence electrons. The van der Waals surface area contributed by atoms with Gasteiger partial charge in [-0.25, -0.2) is 13.8 Å². The molecule has 0 bridgehead atoms. The third-order valence-corrected chi connectivity index (χ3v) is 5.87. The topological polar surface area (TPSA) is 73.5 Å². The van der Waals surface area contributed by atoms with E-state index >= 15 is 0 Å². The number of aryl methyl sites for hydroxylation is 1. The van der Waals surface area contributed by atoms with Crippen LogP contribution in [0, 0.1) is 11.6 Å². The molecule has 9 heteroatoms. The zero-order valence-electron chi connectivity index (χ0n) is 19.1. The summed E-state index contributed by atoms with van der Waals surface area (Å²) in [4.78, 5) is 4.60. The lowest BCUT2D eigenvalue weighted by Gasteiger charge is -2.13. The van der Waals surface area contributed by atoms with Crippen molar-refractivity contribution >= 4 is 22.5 Å². The molecule has 0 aliphatic heterocycles. The van der Waals surface area contributed by atoms with Gasteiger partial charge in [-0.15, -0.1) is 5.10 Å². The first kappa shape index (κ1) is 21.6. The molecule has 0 spiro atoms. The molecule has 1 N–H and O–H groups in total. The molecule has 6 rings (SSSR count). The number of fused-ring (bicyclic) bond motifs is 1. The molecule has 0 fully saturated rings. The fraction of sp³-hybridized carbons (Fsp3) is 0.0370. The highest BCUT2D eigenvalue weighted by Crippen LogP contribution is 2.32. The van der Waals surface area contributed by atoms with Crippen molar-refractivity contribution in [3.05, 3.63) is 103 Å². The van der Waals surface area contributed by atoms with E-state index in [0.29, 0.717) is 17.1 Å². The van der Waals surface area contributed by atoms with Gasteiger partial charge in [-0.1, -0.05) is 6.07 Å². The normalized spacial score (nSPS) is 11.2. The van der Waals surface area contributed by atoms with Crippen LogP contribution in [-0.2, 0) is 7.05 Å². The van der Waals surface area contributed by atoms with Crippen LogP contribution < -0.4 is 5.32 Å². The number of rotatable bonds is 5. The van der Waals surface area contributed by atoms with E-state index in [-0.39, 0.29) is 5.56 Å². The van der Waals surface area contributed by atoms with Crippen LogP contribution in [0.3, 0.4) is 0 Å². The van der Waals surface area contributed by atoms with Crippen molar-refractivity contribution in [1.82, 2.24) is 29.5 Å². The molecule has 0 radical (unpaired) electrons. The van der Waals surface area contributed by atoms with Gasteiger partial charge in [0.2, 0.25) is 0 Å². The Labute approximate surface area is 204 Å². The zero-order chi connectivity index (χ0) is 24.6. The highest BCUT2D eigenvalue weighted by Gasteiger charge is 2.13. The van der Waals surface area contributed by atoms with Gasteiger partial charge >= 0.3 is 0 Å². The number of aromatic nitrogens is 6. The summed E-state index contributed by atoms with van der Waals surface area (Å²) in [6.45, 7) is 0. The summed E-state index contributed by atoms with van der Waals surface area (Å²) in [7, 11) is 1.88. The van der Waals surface area contributed by atoms with E-state index in [2.05, 4.69) is 25.6 Å². The van der Waals surface area contributed by atoms with Crippen LogP contribution in [0.4, 0.5) is 20.3 Å². The Bertz CT molecular complexity index is 1710. The van der Waals surface area contributed by atoms with Crippen LogP contribution in [0.25, 0.3) is 39.0 Å². The van der Waals surface area contributed by atoms with E-state index in [1.807, 2.05) is 54.3 Å². The Morgan fingerprint density at radius 1 is 0.889 bits per heavy atom. The van der Waals surface area contributed by atoms with Gasteiger partial charge in [0.15, 0.2) is 5.82 Å². The van der Waals surface area contributed by atoms with Gasteiger partial charge in [-0.2, -0.15) is 10.2 Å². The van der Waals surface area contributed by atoms with Crippen LogP contribution >= 0.6 is 0 Å². The third kappa shape index (κ3) is 4.07. The van der Waals surface area contributed by atoms with Crippen LogP contribution in [0.2, 0.25) is 0 Å². The fourth-order valence-electron chi connectivity index (χ4n) is 4.19. The summed E-state index contributed by atoms with van der Waals surface area (Å²) >= 11 is 0. The fourth-order valence-corrected chi connectivity index (χ4v) is 4.19. The van der Waals surface area contributed by atoms with Crippen molar-refractivity contribution in [1.29, 1.82) is 0 Å². The molecule has 0 unspecified atom stereocenters. The molecule has 3 aromatic carbocycles. The number of hydrogen-bond acceptors (Lipinski definition) is 5.